The number of carbonyl (C=O) groups is 1. The summed E-state index contributed by atoms with van der Waals surface area (Å²) in [5.41, 5.74) is 3.59. The van der Waals surface area contributed by atoms with Gasteiger partial charge in [0, 0.05) is 6.42 Å². The van der Waals surface area contributed by atoms with E-state index in [4.69, 9.17) is 14.6 Å². The van der Waals surface area contributed by atoms with Gasteiger partial charge in [-0.3, -0.25) is 0 Å². The molecule has 0 bridgehead atoms. The molecule has 44 heavy (non-hydrogen) atoms. The lowest BCUT2D eigenvalue weighted by Gasteiger charge is -2.38. The molecule has 0 aliphatic heterocycles. The van der Waals surface area contributed by atoms with E-state index >= 15 is 0 Å². The fourth-order valence-electron chi connectivity index (χ4n) is 7.48. The molecule has 242 valence electrons. The van der Waals surface area contributed by atoms with Crippen molar-refractivity contribution in [3.8, 4) is 0 Å². The molecule has 5 heteroatoms. The standard InChI is InChI=1S/C39H56O5/c1-5-6-7-8-29-11-14-36-25-35(20-19-34(36)23-29)33-17-15-32(16-18-33)31-12-9-30(10-13-31)24-37(44-38(41)27(2)3)21-22-43-39(42)28(4)26-40/h11,14,19-20,23,25,30-33,37-38,40-41H,2,4-10,12-13,15-18,21-22,24,26H2,1,3H3. The van der Waals surface area contributed by atoms with E-state index in [9.17, 15) is 9.90 Å². The first-order valence-electron chi connectivity index (χ1n) is 17.2. The Morgan fingerprint density at radius 1 is 0.932 bits per heavy atom. The third-order valence-electron chi connectivity index (χ3n) is 10.3. The van der Waals surface area contributed by atoms with Crippen LogP contribution in [0.25, 0.3) is 10.8 Å². The van der Waals surface area contributed by atoms with Gasteiger partial charge in [-0.15, -0.1) is 0 Å². The first-order valence-corrected chi connectivity index (χ1v) is 17.2. The van der Waals surface area contributed by atoms with Crippen LogP contribution in [0.15, 0.2) is 60.7 Å². The zero-order valence-electron chi connectivity index (χ0n) is 27.3. The Morgan fingerprint density at radius 2 is 1.59 bits per heavy atom. The van der Waals surface area contributed by atoms with Gasteiger partial charge in [-0.25, -0.2) is 4.79 Å². The molecule has 0 radical (unpaired) electrons. The molecular formula is C39H56O5. The van der Waals surface area contributed by atoms with Crippen molar-refractivity contribution >= 4 is 16.7 Å². The number of esters is 1. The number of hydrogen-bond acceptors (Lipinski definition) is 5. The molecule has 0 spiro atoms. The molecule has 0 amide bonds. The molecule has 2 N–H and O–H groups in total. The minimum absolute atomic E-state index is 0.0423. The van der Waals surface area contributed by atoms with Crippen LogP contribution in [0.3, 0.4) is 0 Å². The summed E-state index contributed by atoms with van der Waals surface area (Å²) in [5.74, 6) is 2.26. The monoisotopic (exact) mass is 604 g/mol. The topological polar surface area (TPSA) is 76.0 Å². The van der Waals surface area contributed by atoms with Crippen molar-refractivity contribution in [1.29, 1.82) is 0 Å². The van der Waals surface area contributed by atoms with Crippen molar-refractivity contribution < 1.29 is 24.5 Å². The summed E-state index contributed by atoms with van der Waals surface area (Å²) in [6, 6.07) is 14.3. The predicted molar refractivity (Wildman–Crippen MR) is 179 cm³/mol. The van der Waals surface area contributed by atoms with Crippen LogP contribution in [0.1, 0.15) is 114 Å². The second kappa shape index (κ2) is 17.3. The van der Waals surface area contributed by atoms with E-state index in [-0.39, 0.29) is 18.3 Å². The molecule has 2 aromatic rings. The fraction of sp³-hybridized carbons (Fsp3) is 0.615. The third-order valence-corrected chi connectivity index (χ3v) is 10.3. The van der Waals surface area contributed by atoms with Gasteiger partial charge in [0.15, 0.2) is 6.29 Å². The number of benzene rings is 2. The fourth-order valence-corrected chi connectivity index (χ4v) is 7.48. The quantitative estimate of drug-likeness (QED) is 0.0658. The molecule has 0 aromatic heterocycles. The van der Waals surface area contributed by atoms with E-state index in [0.29, 0.717) is 23.8 Å². The van der Waals surface area contributed by atoms with Crippen LogP contribution in [-0.4, -0.2) is 41.8 Å². The zero-order valence-corrected chi connectivity index (χ0v) is 27.3. The number of aliphatic hydroxyl groups excluding tert-OH is 2. The molecular weight excluding hydrogens is 548 g/mol. The van der Waals surface area contributed by atoms with Gasteiger partial charge in [-0.1, -0.05) is 82.2 Å². The molecule has 5 nitrogen and oxygen atoms in total. The Hall–Kier alpha value is -2.47. The number of fused-ring (bicyclic) bond motifs is 1. The molecule has 4 rings (SSSR count). The van der Waals surface area contributed by atoms with Crippen molar-refractivity contribution in [1.82, 2.24) is 0 Å². The van der Waals surface area contributed by atoms with Crippen LogP contribution < -0.4 is 0 Å². The number of hydrogen-bond donors (Lipinski definition) is 2. The summed E-state index contributed by atoms with van der Waals surface area (Å²) >= 11 is 0. The highest BCUT2D eigenvalue weighted by Crippen LogP contribution is 2.45. The van der Waals surface area contributed by atoms with Crippen molar-refractivity contribution in [3.05, 3.63) is 71.8 Å². The largest absolute Gasteiger partial charge is 0.462 e. The van der Waals surface area contributed by atoms with Crippen LogP contribution in [0.2, 0.25) is 0 Å². The van der Waals surface area contributed by atoms with E-state index in [2.05, 4.69) is 56.5 Å². The van der Waals surface area contributed by atoms with E-state index in [1.54, 1.807) is 6.92 Å². The molecule has 2 saturated carbocycles. The minimum Gasteiger partial charge on any atom is -0.462 e. The normalized spacial score (nSPS) is 23.6. The summed E-state index contributed by atoms with van der Waals surface area (Å²) in [6.45, 7) is 11.1. The van der Waals surface area contributed by atoms with Crippen molar-refractivity contribution in [2.75, 3.05) is 13.2 Å². The van der Waals surface area contributed by atoms with Gasteiger partial charge < -0.3 is 19.7 Å². The van der Waals surface area contributed by atoms with Crippen LogP contribution in [-0.2, 0) is 20.7 Å². The van der Waals surface area contributed by atoms with E-state index in [1.807, 2.05) is 0 Å². The van der Waals surface area contributed by atoms with Gasteiger partial charge in [-0.05, 0) is 116 Å². The van der Waals surface area contributed by atoms with Gasteiger partial charge in [0.25, 0.3) is 0 Å². The van der Waals surface area contributed by atoms with Gasteiger partial charge in [0.05, 0.1) is 24.9 Å². The molecule has 2 unspecified atom stereocenters. The average molecular weight is 605 g/mol. The average Bonchev–Trinajstić information content (AvgIpc) is 3.04. The summed E-state index contributed by atoms with van der Waals surface area (Å²) in [4.78, 5) is 11.9. The molecule has 2 aliphatic rings. The van der Waals surface area contributed by atoms with Crippen molar-refractivity contribution in [3.63, 3.8) is 0 Å². The second-order valence-electron chi connectivity index (χ2n) is 13.7. The Balaban J connectivity index is 1.23. The lowest BCUT2D eigenvalue weighted by atomic mass is 9.67. The number of ether oxygens (including phenoxy) is 2. The zero-order chi connectivity index (χ0) is 31.5. The maximum Gasteiger partial charge on any atom is 0.335 e. The smallest absolute Gasteiger partial charge is 0.335 e. The maximum atomic E-state index is 11.9. The summed E-state index contributed by atoms with van der Waals surface area (Å²) in [6.07, 6.45) is 15.3. The summed E-state index contributed by atoms with van der Waals surface area (Å²) < 4.78 is 11.2. The first kappa shape index (κ1) is 34.4. The highest BCUT2D eigenvalue weighted by Gasteiger charge is 2.32. The predicted octanol–water partition coefficient (Wildman–Crippen LogP) is 8.80. The minimum atomic E-state index is -1.02. The molecule has 2 aromatic carbocycles. The Bertz CT molecular complexity index is 1220. The van der Waals surface area contributed by atoms with Gasteiger partial charge in [0.2, 0.25) is 0 Å². The maximum absolute atomic E-state index is 11.9. The van der Waals surface area contributed by atoms with E-state index < -0.39 is 18.9 Å². The molecule has 0 saturated heterocycles. The highest BCUT2D eigenvalue weighted by atomic mass is 16.6. The molecule has 0 heterocycles. The number of unbranched alkanes of at least 4 members (excludes halogenated alkanes) is 2. The third kappa shape index (κ3) is 10.0. The lowest BCUT2D eigenvalue weighted by molar-refractivity contribution is -0.144. The number of rotatable bonds is 16. The number of aryl methyl sites for hydroxylation is 1. The SMILES string of the molecule is C=C(CO)C(=O)OCCC(CC1CCC(C2CCC(c3ccc4cc(CCCCC)ccc4c3)CC2)CC1)OC(O)C(=C)C. The second-order valence-corrected chi connectivity index (χ2v) is 13.7. The lowest BCUT2D eigenvalue weighted by Crippen LogP contribution is -2.30. The number of carbonyl (C=O) groups excluding carboxylic acids is 1. The van der Waals surface area contributed by atoms with Crippen LogP contribution >= 0.6 is 0 Å². The Morgan fingerprint density at radius 3 is 2.25 bits per heavy atom. The number of aliphatic hydroxyl groups is 2. The van der Waals surface area contributed by atoms with Gasteiger partial charge in [0.1, 0.15) is 0 Å². The van der Waals surface area contributed by atoms with Gasteiger partial charge in [-0.2, -0.15) is 0 Å². The Labute approximate surface area is 265 Å². The molecule has 2 aliphatic carbocycles. The summed E-state index contributed by atoms with van der Waals surface area (Å²) in [7, 11) is 0. The van der Waals surface area contributed by atoms with Crippen LogP contribution in [0.4, 0.5) is 0 Å². The van der Waals surface area contributed by atoms with E-state index in [1.165, 1.54) is 98.9 Å². The Kier molecular flexibility index (Phi) is 13.5. The van der Waals surface area contributed by atoms with E-state index in [0.717, 1.165) is 18.3 Å². The highest BCUT2D eigenvalue weighted by molar-refractivity contribution is 5.87. The van der Waals surface area contributed by atoms with Crippen LogP contribution in [0.5, 0.6) is 0 Å². The first-order chi connectivity index (χ1) is 21.3. The summed E-state index contributed by atoms with van der Waals surface area (Å²) in [5, 5.41) is 22.2. The van der Waals surface area contributed by atoms with Crippen LogP contribution in [0, 0.1) is 17.8 Å². The van der Waals surface area contributed by atoms with Crippen molar-refractivity contribution in [2.24, 2.45) is 17.8 Å². The van der Waals surface area contributed by atoms with Crippen molar-refractivity contribution in [2.45, 2.75) is 122 Å². The molecule has 2 atom stereocenters. The molecule has 2 fully saturated rings. The van der Waals surface area contributed by atoms with Gasteiger partial charge >= 0.3 is 5.97 Å².